The molecule has 0 aliphatic carbocycles. The molecule has 0 spiro atoms. The fourth-order valence-corrected chi connectivity index (χ4v) is 3.22. The lowest BCUT2D eigenvalue weighted by atomic mass is 10.1. The van der Waals surface area contributed by atoms with Crippen LogP contribution in [0.15, 0.2) is 30.3 Å². The number of carbonyl (C=O) groups excluding carboxylic acids is 2. The third kappa shape index (κ3) is 5.46. The highest BCUT2D eigenvalue weighted by molar-refractivity contribution is 5.84. The van der Waals surface area contributed by atoms with Crippen molar-refractivity contribution >= 4 is 11.9 Å². The van der Waals surface area contributed by atoms with Crippen molar-refractivity contribution in [2.45, 2.75) is 39.3 Å². The first-order valence-electron chi connectivity index (χ1n) is 9.16. The van der Waals surface area contributed by atoms with Gasteiger partial charge >= 0.3 is 6.03 Å². The van der Waals surface area contributed by atoms with Crippen LogP contribution >= 0.6 is 0 Å². The zero-order valence-corrected chi connectivity index (χ0v) is 15.5. The van der Waals surface area contributed by atoms with Gasteiger partial charge in [-0.25, -0.2) is 4.79 Å². The Kier molecular flexibility index (Phi) is 7.25. The standard InChI is InChI=1S/C19H30N4O2/c1-4-20-18(24)14-22(5-2)19(25)21-17-11-12-23(13-17)15(3)16-9-7-6-8-10-16/h6-10,15,17H,4-5,11-14H2,1-3H3,(H,20,24)(H,21,25)/t15-,17-/m1/s1. The summed E-state index contributed by atoms with van der Waals surface area (Å²) in [6, 6.07) is 10.7. The van der Waals surface area contributed by atoms with Crippen molar-refractivity contribution in [2.75, 3.05) is 32.7 Å². The molecule has 1 aliphatic heterocycles. The lowest BCUT2D eigenvalue weighted by Gasteiger charge is -2.26. The van der Waals surface area contributed by atoms with E-state index in [1.807, 2.05) is 19.9 Å². The quantitative estimate of drug-likeness (QED) is 0.794. The van der Waals surface area contributed by atoms with E-state index in [0.717, 1.165) is 19.5 Å². The lowest BCUT2D eigenvalue weighted by Crippen LogP contribution is -2.49. The molecule has 25 heavy (non-hydrogen) atoms. The molecular weight excluding hydrogens is 316 g/mol. The summed E-state index contributed by atoms with van der Waals surface area (Å²) < 4.78 is 0. The van der Waals surface area contributed by atoms with E-state index in [-0.39, 0.29) is 24.5 Å². The normalized spacial score (nSPS) is 18.6. The van der Waals surface area contributed by atoms with Crippen LogP contribution in [0.2, 0.25) is 0 Å². The summed E-state index contributed by atoms with van der Waals surface area (Å²) in [4.78, 5) is 28.1. The minimum absolute atomic E-state index is 0.104. The molecule has 3 amide bonds. The number of hydrogen-bond donors (Lipinski definition) is 2. The van der Waals surface area contributed by atoms with Gasteiger partial charge in [0, 0.05) is 38.3 Å². The van der Waals surface area contributed by atoms with E-state index in [9.17, 15) is 9.59 Å². The average molecular weight is 346 g/mol. The molecule has 1 aromatic carbocycles. The van der Waals surface area contributed by atoms with Gasteiger partial charge in [0.25, 0.3) is 0 Å². The monoisotopic (exact) mass is 346 g/mol. The Labute approximate surface area is 150 Å². The number of likely N-dealkylation sites (N-methyl/N-ethyl adjacent to an activating group) is 2. The fourth-order valence-electron chi connectivity index (χ4n) is 3.22. The molecule has 2 N–H and O–H groups in total. The fraction of sp³-hybridized carbons (Fsp3) is 0.579. The molecule has 6 nitrogen and oxygen atoms in total. The van der Waals surface area contributed by atoms with Crippen LogP contribution in [0.4, 0.5) is 4.79 Å². The van der Waals surface area contributed by atoms with E-state index < -0.39 is 0 Å². The van der Waals surface area contributed by atoms with Crippen LogP contribution in [0, 0.1) is 0 Å². The van der Waals surface area contributed by atoms with Crippen LogP contribution in [-0.4, -0.2) is 60.5 Å². The Morgan fingerprint density at radius 2 is 2.00 bits per heavy atom. The van der Waals surface area contributed by atoms with Crippen LogP contribution in [0.5, 0.6) is 0 Å². The van der Waals surface area contributed by atoms with Gasteiger partial charge in [-0.15, -0.1) is 0 Å². The largest absolute Gasteiger partial charge is 0.355 e. The Balaban J connectivity index is 1.85. The SMILES string of the molecule is CCNC(=O)CN(CC)C(=O)N[C@@H]1CCN([C@H](C)c2ccccc2)C1. The maximum atomic E-state index is 12.4. The maximum Gasteiger partial charge on any atom is 0.318 e. The molecule has 0 bridgehead atoms. The molecule has 138 valence electrons. The zero-order chi connectivity index (χ0) is 18.2. The Hall–Kier alpha value is -2.08. The number of benzene rings is 1. The minimum atomic E-state index is -0.159. The first-order chi connectivity index (χ1) is 12.0. The predicted molar refractivity (Wildman–Crippen MR) is 99.3 cm³/mol. The van der Waals surface area contributed by atoms with E-state index in [1.54, 1.807) is 4.90 Å². The van der Waals surface area contributed by atoms with Gasteiger partial charge in [0.1, 0.15) is 6.54 Å². The minimum Gasteiger partial charge on any atom is -0.355 e. The molecule has 0 aromatic heterocycles. The van der Waals surface area contributed by atoms with Crippen molar-refractivity contribution in [3.63, 3.8) is 0 Å². The number of nitrogens with zero attached hydrogens (tertiary/aromatic N) is 2. The molecule has 1 heterocycles. The van der Waals surface area contributed by atoms with Gasteiger partial charge in [-0.1, -0.05) is 30.3 Å². The van der Waals surface area contributed by atoms with Gasteiger partial charge in [-0.05, 0) is 32.8 Å². The van der Waals surface area contributed by atoms with Crippen molar-refractivity contribution in [2.24, 2.45) is 0 Å². The first kappa shape index (κ1) is 19.2. The third-order valence-electron chi connectivity index (χ3n) is 4.75. The van der Waals surface area contributed by atoms with Crippen molar-refractivity contribution in [1.82, 2.24) is 20.4 Å². The lowest BCUT2D eigenvalue weighted by molar-refractivity contribution is -0.121. The van der Waals surface area contributed by atoms with Gasteiger partial charge in [0.05, 0.1) is 0 Å². The van der Waals surface area contributed by atoms with Crippen molar-refractivity contribution in [3.05, 3.63) is 35.9 Å². The van der Waals surface area contributed by atoms with Crippen LogP contribution in [0.3, 0.4) is 0 Å². The summed E-state index contributed by atoms with van der Waals surface area (Å²) in [5.74, 6) is -0.120. The molecule has 2 rings (SSSR count). The number of nitrogens with one attached hydrogen (secondary N) is 2. The van der Waals surface area contributed by atoms with E-state index in [1.165, 1.54) is 5.56 Å². The molecule has 6 heteroatoms. The Morgan fingerprint density at radius 1 is 1.28 bits per heavy atom. The van der Waals surface area contributed by atoms with Crippen LogP contribution in [0.1, 0.15) is 38.8 Å². The van der Waals surface area contributed by atoms with E-state index in [4.69, 9.17) is 0 Å². The molecule has 0 saturated carbocycles. The van der Waals surface area contributed by atoms with Crippen LogP contribution in [-0.2, 0) is 4.79 Å². The molecule has 1 aromatic rings. The molecule has 1 saturated heterocycles. The molecular formula is C19H30N4O2. The number of urea groups is 1. The Morgan fingerprint density at radius 3 is 2.64 bits per heavy atom. The topological polar surface area (TPSA) is 64.7 Å². The number of amides is 3. The summed E-state index contributed by atoms with van der Waals surface area (Å²) in [7, 11) is 0. The molecule has 1 aliphatic rings. The second kappa shape index (κ2) is 9.42. The summed E-state index contributed by atoms with van der Waals surface area (Å²) in [5.41, 5.74) is 1.29. The number of carbonyl (C=O) groups is 2. The Bertz CT molecular complexity index is 564. The molecule has 1 fully saturated rings. The van der Waals surface area contributed by atoms with Gasteiger partial charge < -0.3 is 15.5 Å². The van der Waals surface area contributed by atoms with Gasteiger partial charge in [-0.3, -0.25) is 9.69 Å². The summed E-state index contributed by atoms with van der Waals surface area (Å²) >= 11 is 0. The summed E-state index contributed by atoms with van der Waals surface area (Å²) in [5, 5.41) is 5.81. The average Bonchev–Trinajstić information content (AvgIpc) is 3.08. The van der Waals surface area contributed by atoms with Gasteiger partial charge in [0.15, 0.2) is 0 Å². The summed E-state index contributed by atoms with van der Waals surface area (Å²) in [6.07, 6.45) is 0.932. The van der Waals surface area contributed by atoms with E-state index in [0.29, 0.717) is 19.1 Å². The number of rotatable bonds is 7. The van der Waals surface area contributed by atoms with Crippen molar-refractivity contribution in [1.29, 1.82) is 0 Å². The first-order valence-corrected chi connectivity index (χ1v) is 9.16. The van der Waals surface area contributed by atoms with Crippen molar-refractivity contribution < 1.29 is 9.59 Å². The summed E-state index contributed by atoms with van der Waals surface area (Å²) in [6.45, 7) is 8.95. The maximum absolute atomic E-state index is 12.4. The van der Waals surface area contributed by atoms with Crippen LogP contribution < -0.4 is 10.6 Å². The third-order valence-corrected chi connectivity index (χ3v) is 4.75. The highest BCUT2D eigenvalue weighted by Crippen LogP contribution is 2.24. The van der Waals surface area contributed by atoms with E-state index in [2.05, 4.69) is 46.7 Å². The highest BCUT2D eigenvalue weighted by atomic mass is 16.2. The second-order valence-corrected chi connectivity index (χ2v) is 6.48. The van der Waals surface area contributed by atoms with Gasteiger partial charge in [-0.2, -0.15) is 0 Å². The zero-order valence-electron chi connectivity index (χ0n) is 15.5. The smallest absolute Gasteiger partial charge is 0.318 e. The van der Waals surface area contributed by atoms with Crippen molar-refractivity contribution in [3.8, 4) is 0 Å². The van der Waals surface area contributed by atoms with Crippen LogP contribution in [0.25, 0.3) is 0 Å². The second-order valence-electron chi connectivity index (χ2n) is 6.48. The highest BCUT2D eigenvalue weighted by Gasteiger charge is 2.29. The predicted octanol–water partition coefficient (Wildman–Crippen LogP) is 1.99. The van der Waals surface area contributed by atoms with Gasteiger partial charge in [0.2, 0.25) is 5.91 Å². The van der Waals surface area contributed by atoms with E-state index >= 15 is 0 Å². The molecule has 2 atom stereocenters. The molecule has 0 unspecified atom stereocenters. The molecule has 0 radical (unpaired) electrons. The number of hydrogen-bond acceptors (Lipinski definition) is 3. The number of likely N-dealkylation sites (tertiary alicyclic amines) is 1.